The van der Waals surface area contributed by atoms with E-state index in [1.54, 1.807) is 0 Å². The summed E-state index contributed by atoms with van der Waals surface area (Å²) in [6, 6.07) is 0.938. The highest BCUT2D eigenvalue weighted by atomic mass is 19.3. The molecule has 1 saturated heterocycles. The van der Waals surface area contributed by atoms with E-state index in [9.17, 15) is 8.78 Å². The molecule has 0 radical (unpaired) electrons. The van der Waals surface area contributed by atoms with Gasteiger partial charge in [0.15, 0.2) is 0 Å². The van der Waals surface area contributed by atoms with E-state index in [0.29, 0.717) is 12.0 Å². The maximum atomic E-state index is 12.4. The number of likely N-dealkylation sites (tertiary alicyclic amines) is 1. The van der Waals surface area contributed by atoms with E-state index < -0.39 is 6.43 Å². The SMILES string of the molecule is CCCC1CC(NCC(F)F)CN(C(CC)C2CC2)C1. The lowest BCUT2D eigenvalue weighted by molar-refractivity contribution is 0.0702. The zero-order chi connectivity index (χ0) is 14.5. The lowest BCUT2D eigenvalue weighted by atomic mass is 9.88. The third kappa shape index (κ3) is 4.66. The van der Waals surface area contributed by atoms with Gasteiger partial charge in [-0.05, 0) is 43.9 Å². The first kappa shape index (κ1) is 16.2. The Morgan fingerprint density at radius 1 is 1.20 bits per heavy atom. The molecule has 4 heteroatoms. The number of rotatable bonds is 8. The number of hydrogen-bond acceptors (Lipinski definition) is 2. The summed E-state index contributed by atoms with van der Waals surface area (Å²) < 4.78 is 24.8. The molecule has 2 rings (SSSR count). The molecule has 2 aliphatic rings. The fourth-order valence-electron chi connectivity index (χ4n) is 3.90. The Morgan fingerprint density at radius 3 is 2.50 bits per heavy atom. The Labute approximate surface area is 122 Å². The number of halogens is 2. The van der Waals surface area contributed by atoms with Crippen LogP contribution in [0.4, 0.5) is 8.78 Å². The molecule has 1 saturated carbocycles. The summed E-state index contributed by atoms with van der Waals surface area (Å²) in [5.74, 6) is 1.55. The van der Waals surface area contributed by atoms with E-state index in [2.05, 4.69) is 24.1 Å². The fourth-order valence-corrected chi connectivity index (χ4v) is 3.90. The number of nitrogens with one attached hydrogen (secondary N) is 1. The molecule has 0 aromatic heterocycles. The van der Waals surface area contributed by atoms with Crippen LogP contribution in [0.3, 0.4) is 0 Å². The van der Waals surface area contributed by atoms with Crippen LogP contribution >= 0.6 is 0 Å². The molecular weight excluding hydrogens is 258 g/mol. The van der Waals surface area contributed by atoms with Gasteiger partial charge in [0.05, 0.1) is 6.54 Å². The summed E-state index contributed by atoms with van der Waals surface area (Å²) in [6.45, 7) is 6.47. The molecule has 3 unspecified atom stereocenters. The second-order valence-electron chi connectivity index (χ2n) is 6.65. The van der Waals surface area contributed by atoms with E-state index >= 15 is 0 Å². The first-order valence-electron chi connectivity index (χ1n) is 8.39. The van der Waals surface area contributed by atoms with Crippen LogP contribution in [0.15, 0.2) is 0 Å². The van der Waals surface area contributed by atoms with Gasteiger partial charge in [0.1, 0.15) is 0 Å². The Bertz CT molecular complexity index is 282. The zero-order valence-electron chi connectivity index (χ0n) is 13.0. The van der Waals surface area contributed by atoms with Crippen LogP contribution in [-0.2, 0) is 0 Å². The summed E-state index contributed by atoms with van der Waals surface area (Å²) in [5, 5.41) is 3.09. The minimum Gasteiger partial charge on any atom is -0.307 e. The van der Waals surface area contributed by atoms with E-state index in [1.807, 2.05) is 0 Å². The monoisotopic (exact) mass is 288 g/mol. The molecule has 0 bridgehead atoms. The lowest BCUT2D eigenvalue weighted by Crippen LogP contribution is -2.53. The van der Waals surface area contributed by atoms with Crippen molar-refractivity contribution < 1.29 is 8.78 Å². The van der Waals surface area contributed by atoms with Gasteiger partial charge in [-0.15, -0.1) is 0 Å². The Kier molecular flexibility index (Phi) is 6.21. The molecule has 0 spiro atoms. The summed E-state index contributed by atoms with van der Waals surface area (Å²) in [4.78, 5) is 2.60. The van der Waals surface area contributed by atoms with Crippen LogP contribution in [0.2, 0.25) is 0 Å². The van der Waals surface area contributed by atoms with Crippen LogP contribution in [0, 0.1) is 11.8 Å². The van der Waals surface area contributed by atoms with Crippen molar-refractivity contribution in [1.82, 2.24) is 10.2 Å². The fraction of sp³-hybridized carbons (Fsp3) is 1.00. The molecule has 1 N–H and O–H groups in total. The van der Waals surface area contributed by atoms with Crippen LogP contribution in [0.1, 0.15) is 52.4 Å². The summed E-state index contributed by atoms with van der Waals surface area (Å²) in [7, 11) is 0. The largest absolute Gasteiger partial charge is 0.307 e. The minimum absolute atomic E-state index is 0.155. The van der Waals surface area contributed by atoms with Crippen molar-refractivity contribution >= 4 is 0 Å². The molecule has 3 atom stereocenters. The van der Waals surface area contributed by atoms with Gasteiger partial charge in [0.2, 0.25) is 0 Å². The average molecular weight is 288 g/mol. The molecule has 1 aliphatic heterocycles. The van der Waals surface area contributed by atoms with Crippen molar-refractivity contribution in [2.24, 2.45) is 11.8 Å². The third-order valence-corrected chi connectivity index (χ3v) is 4.88. The van der Waals surface area contributed by atoms with Crippen LogP contribution < -0.4 is 5.32 Å². The molecule has 0 aromatic rings. The van der Waals surface area contributed by atoms with Gasteiger partial charge in [-0.1, -0.05) is 20.3 Å². The maximum absolute atomic E-state index is 12.4. The maximum Gasteiger partial charge on any atom is 0.250 e. The van der Waals surface area contributed by atoms with Gasteiger partial charge in [-0.3, -0.25) is 4.90 Å². The van der Waals surface area contributed by atoms with Crippen molar-refractivity contribution in [3.8, 4) is 0 Å². The predicted octanol–water partition coefficient (Wildman–Crippen LogP) is 3.52. The van der Waals surface area contributed by atoms with Crippen LogP contribution in [0.5, 0.6) is 0 Å². The highest BCUT2D eigenvalue weighted by molar-refractivity contribution is 4.93. The molecule has 1 aliphatic carbocycles. The zero-order valence-corrected chi connectivity index (χ0v) is 13.0. The van der Waals surface area contributed by atoms with Gasteiger partial charge in [-0.2, -0.15) is 0 Å². The first-order valence-corrected chi connectivity index (χ1v) is 8.39. The molecule has 118 valence electrons. The summed E-state index contributed by atoms with van der Waals surface area (Å²) in [6.07, 6.45) is 5.18. The second kappa shape index (κ2) is 7.69. The first-order chi connectivity index (χ1) is 9.63. The second-order valence-corrected chi connectivity index (χ2v) is 6.65. The number of piperidine rings is 1. The summed E-state index contributed by atoms with van der Waals surface area (Å²) >= 11 is 0. The number of alkyl halides is 2. The molecule has 2 fully saturated rings. The number of hydrogen-bond donors (Lipinski definition) is 1. The van der Waals surface area contributed by atoms with Gasteiger partial charge in [0, 0.05) is 25.2 Å². The van der Waals surface area contributed by atoms with E-state index in [0.717, 1.165) is 18.9 Å². The quantitative estimate of drug-likeness (QED) is 0.735. The Hall–Kier alpha value is -0.220. The van der Waals surface area contributed by atoms with Gasteiger partial charge in [0.25, 0.3) is 6.43 Å². The normalized spacial score (nSPS) is 29.9. The highest BCUT2D eigenvalue weighted by Gasteiger charge is 2.37. The standard InChI is InChI=1S/C16H30F2N2/c1-3-5-12-8-14(19-9-16(17)18)11-20(10-12)15(4-2)13-6-7-13/h12-16,19H,3-11H2,1-2H3. The van der Waals surface area contributed by atoms with E-state index in [-0.39, 0.29) is 12.6 Å². The van der Waals surface area contributed by atoms with Crippen LogP contribution in [0.25, 0.3) is 0 Å². The van der Waals surface area contributed by atoms with Crippen molar-refractivity contribution in [2.75, 3.05) is 19.6 Å². The number of nitrogens with zero attached hydrogens (tertiary/aromatic N) is 1. The smallest absolute Gasteiger partial charge is 0.250 e. The molecule has 0 amide bonds. The van der Waals surface area contributed by atoms with Gasteiger partial charge >= 0.3 is 0 Å². The predicted molar refractivity (Wildman–Crippen MR) is 79.2 cm³/mol. The lowest BCUT2D eigenvalue weighted by Gasteiger charge is -2.42. The highest BCUT2D eigenvalue weighted by Crippen LogP contribution is 2.38. The molecular formula is C16H30F2N2. The summed E-state index contributed by atoms with van der Waals surface area (Å²) in [5.41, 5.74) is 0. The molecule has 2 nitrogen and oxygen atoms in total. The van der Waals surface area contributed by atoms with Gasteiger partial charge < -0.3 is 5.32 Å². The van der Waals surface area contributed by atoms with Crippen molar-refractivity contribution in [3.63, 3.8) is 0 Å². The van der Waals surface area contributed by atoms with Crippen molar-refractivity contribution in [3.05, 3.63) is 0 Å². The molecule has 1 heterocycles. The van der Waals surface area contributed by atoms with Crippen molar-refractivity contribution in [2.45, 2.75) is 70.9 Å². The molecule has 20 heavy (non-hydrogen) atoms. The van der Waals surface area contributed by atoms with E-state index in [1.165, 1.54) is 38.6 Å². The topological polar surface area (TPSA) is 15.3 Å². The Balaban J connectivity index is 1.92. The van der Waals surface area contributed by atoms with Crippen LogP contribution in [-0.4, -0.2) is 43.0 Å². The Morgan fingerprint density at radius 2 is 1.95 bits per heavy atom. The molecule has 0 aromatic carbocycles. The average Bonchev–Trinajstić information content (AvgIpc) is 3.22. The third-order valence-electron chi connectivity index (χ3n) is 4.88. The van der Waals surface area contributed by atoms with Crippen molar-refractivity contribution in [1.29, 1.82) is 0 Å². The minimum atomic E-state index is -2.24. The van der Waals surface area contributed by atoms with Gasteiger partial charge in [-0.25, -0.2) is 8.78 Å². The van der Waals surface area contributed by atoms with E-state index in [4.69, 9.17) is 0 Å².